The van der Waals surface area contributed by atoms with Crippen molar-refractivity contribution in [2.45, 2.75) is 201 Å². The molecule has 13 atom stereocenters. The average molecular weight is 1520 g/mol. The lowest BCUT2D eigenvalue weighted by atomic mass is 9.99. The van der Waals surface area contributed by atoms with Crippen LogP contribution >= 0.6 is 0 Å². The average Bonchev–Trinajstić information content (AvgIpc) is 1.64. The molecule has 564 valence electrons. The first kappa shape index (κ1) is 75.9. The lowest BCUT2D eigenvalue weighted by Crippen LogP contribution is -2.56. The van der Waals surface area contributed by atoms with Crippen molar-refractivity contribution in [3.63, 3.8) is 0 Å². The maximum absolute atomic E-state index is 11.9. The molecule has 0 amide bonds. The number of benzene rings is 4. The number of amidine groups is 4. The summed E-state index contributed by atoms with van der Waals surface area (Å²) in [5.74, 6) is -1.36. The molecule has 10 N–H and O–H groups in total. The third kappa shape index (κ3) is 17.2. The van der Waals surface area contributed by atoms with Crippen molar-refractivity contribution in [2.24, 2.45) is 40.5 Å². The number of likely N-dealkylation sites (tertiary alicyclic amines) is 1. The molecule has 36 heteroatoms. The minimum absolute atomic E-state index is 0.00517. The summed E-state index contributed by atoms with van der Waals surface area (Å²) in [7, 11) is -14.3. The fraction of sp³-hybridized carbons (Fsp3) is 0.582. The Morgan fingerprint density at radius 2 is 0.748 bits per heavy atom. The SMILES string of the molecule is CC1(C)O[C@H]2OC(COc3cccc4c3C(N)=NS(=O)(=O)C4)[C@@H]3OC(C)(C)O[C@H]3[C@H]2O1.CC[C@@H]1O[C@H](COc2cccc3c2C(N)=NS(=O)(=O)C3)[C@@H](O)[C@H]1O.CC[C@@H]1O[C@H](COc2cccc3c2C(N)=NS(=O)(=O)C3)[C@H]2OC(C)(C)O[C@H]21.NC1=NS(=O)(=O)Cc2cccc(OCCN3CCCC3)c21. The van der Waals surface area contributed by atoms with Crippen molar-refractivity contribution >= 4 is 63.4 Å². The molecule has 0 bridgehead atoms. The van der Waals surface area contributed by atoms with Gasteiger partial charge in [0.1, 0.15) is 134 Å². The molecule has 0 saturated carbocycles. The van der Waals surface area contributed by atoms with E-state index in [1.807, 2.05) is 61.5 Å². The molecule has 32 nitrogen and oxygen atoms in total. The van der Waals surface area contributed by atoms with Gasteiger partial charge in [-0.15, -0.1) is 17.6 Å². The summed E-state index contributed by atoms with van der Waals surface area (Å²) in [4.78, 5) is 2.36. The summed E-state index contributed by atoms with van der Waals surface area (Å²) < 4.78 is 186. The van der Waals surface area contributed by atoms with E-state index >= 15 is 0 Å². The van der Waals surface area contributed by atoms with Gasteiger partial charge in [0.15, 0.2) is 23.7 Å². The highest BCUT2D eigenvalue weighted by Crippen LogP contribution is 2.46. The van der Waals surface area contributed by atoms with Crippen LogP contribution < -0.4 is 41.9 Å². The van der Waals surface area contributed by atoms with E-state index in [4.69, 9.17) is 84.5 Å². The van der Waals surface area contributed by atoms with Crippen molar-refractivity contribution < 1.29 is 105 Å². The van der Waals surface area contributed by atoms with Crippen LogP contribution in [0, 0.1) is 0 Å². The Bertz CT molecular complexity index is 4460. The highest BCUT2D eigenvalue weighted by atomic mass is 32.2. The first-order valence-corrected chi connectivity index (χ1v) is 40.4. The van der Waals surface area contributed by atoms with Crippen LogP contribution in [-0.4, -0.2) is 215 Å². The van der Waals surface area contributed by atoms with E-state index < -0.39 is 106 Å². The zero-order valence-electron chi connectivity index (χ0n) is 58.2. The van der Waals surface area contributed by atoms with Gasteiger partial charge in [-0.1, -0.05) is 62.4 Å². The van der Waals surface area contributed by atoms with Crippen molar-refractivity contribution in [2.75, 3.05) is 46.1 Å². The number of rotatable bonds is 15. The van der Waals surface area contributed by atoms with Gasteiger partial charge >= 0.3 is 0 Å². The number of aliphatic hydroxyl groups is 2. The molecular weight excluding hydrogens is 1430 g/mol. The molecule has 103 heavy (non-hydrogen) atoms. The Morgan fingerprint density at radius 1 is 0.427 bits per heavy atom. The number of ether oxygens (including phenoxy) is 13. The molecule has 7 saturated heterocycles. The van der Waals surface area contributed by atoms with Crippen LogP contribution in [0.4, 0.5) is 0 Å². The molecule has 11 aliphatic rings. The first-order chi connectivity index (χ1) is 48.5. The molecule has 11 heterocycles. The smallest absolute Gasteiger partial charge is 0.259 e. The highest BCUT2D eigenvalue weighted by Gasteiger charge is 2.61. The number of aliphatic hydroxyl groups excluding tert-OH is 2. The second-order valence-electron chi connectivity index (χ2n) is 27.8. The van der Waals surface area contributed by atoms with Crippen molar-refractivity contribution in [1.82, 2.24) is 4.90 Å². The van der Waals surface area contributed by atoms with E-state index in [0.29, 0.717) is 80.5 Å². The molecule has 0 spiro atoms. The van der Waals surface area contributed by atoms with Crippen LogP contribution in [0.2, 0.25) is 0 Å². The van der Waals surface area contributed by atoms with Gasteiger partial charge in [-0.2, -0.15) is 0 Å². The molecule has 0 radical (unpaired) electrons. The standard InChI is InChI=1S/C20H26N2O8S.C18H24N2O6S.C15H20N2O6S.C14H19N3O3S/c1-19(2)27-14-12(26-18-16(15(14)28-19)29-20(3,4)30-18)8-25-11-7-5-6-10-9-31(23,24)22-17(21)13(10)11;1-4-11-15-16(26-18(2,3)25-15)13(24-11)8-23-12-7-5-6-10-9-27(21,22)20-17(19)14(10)12;1-2-9-13(18)14(19)11(23-9)6-22-10-5-3-4-8-7-24(20,21)17-15(16)12(8)10;15-14-13-11(10-21(18,19)16-14)4-3-5-12(13)20-9-8-17-6-1-2-7-17/h5-7,12,14-16,18H,8-9H2,1-4H3,(H2,21,22);5-7,11,13,15-16H,4,8-9H2,1-3H3,(H2,19,20);3-5,9,11,13-14,18-19H,2,6-7H2,1H3,(H2,16,17);3-5H,1-2,6-10H2,(H2,15,16)/t12?,14-,15+,16+,18+;11-,13+,15-,16+;9-,11+,13-,14+;/m000./s1. The van der Waals surface area contributed by atoms with Crippen LogP contribution in [0.3, 0.4) is 0 Å². The second-order valence-corrected chi connectivity index (χ2v) is 34.3. The van der Waals surface area contributed by atoms with Gasteiger partial charge in [-0.05, 0) is 127 Å². The Morgan fingerprint density at radius 3 is 1.15 bits per heavy atom. The van der Waals surface area contributed by atoms with E-state index in [0.717, 1.165) is 26.1 Å². The number of fused-ring (bicyclic) bond motifs is 8. The number of hydrogen-bond acceptors (Lipinski definition) is 28. The van der Waals surface area contributed by atoms with Crippen molar-refractivity contribution in [1.29, 1.82) is 0 Å². The molecular formula is C67H89N9O23S4. The minimum atomic E-state index is -3.63. The Balaban J connectivity index is 0.000000131. The summed E-state index contributed by atoms with van der Waals surface area (Å²) in [6, 6.07) is 20.7. The maximum Gasteiger partial charge on any atom is 0.259 e. The van der Waals surface area contributed by atoms with Crippen LogP contribution in [0.1, 0.15) is 126 Å². The van der Waals surface area contributed by atoms with Gasteiger partial charge in [0.25, 0.3) is 40.1 Å². The zero-order chi connectivity index (χ0) is 73.9. The van der Waals surface area contributed by atoms with Crippen molar-refractivity contribution in [3.8, 4) is 23.0 Å². The lowest BCUT2D eigenvalue weighted by molar-refractivity contribution is -0.238. The van der Waals surface area contributed by atoms with Gasteiger partial charge in [0, 0.05) is 6.54 Å². The van der Waals surface area contributed by atoms with E-state index in [2.05, 4.69) is 22.5 Å². The molecule has 0 aliphatic carbocycles. The summed E-state index contributed by atoms with van der Waals surface area (Å²) in [6.45, 7) is 19.1. The molecule has 11 aliphatic heterocycles. The third-order valence-corrected chi connectivity index (χ3v) is 23.2. The third-order valence-electron chi connectivity index (χ3n) is 18.6. The number of nitrogens with two attached hydrogens (primary N) is 4. The topological polar surface area (TPSA) is 454 Å². The molecule has 1 unspecified atom stereocenters. The second kappa shape index (κ2) is 29.6. The van der Waals surface area contributed by atoms with Gasteiger partial charge in [0.05, 0.1) is 57.5 Å². The van der Waals surface area contributed by atoms with E-state index in [9.17, 15) is 43.9 Å². The van der Waals surface area contributed by atoms with Crippen LogP contribution in [0.5, 0.6) is 23.0 Å². The summed E-state index contributed by atoms with van der Waals surface area (Å²) in [6.07, 6.45) is -2.26. The molecule has 0 aromatic heterocycles. The Labute approximate surface area is 598 Å². The minimum Gasteiger partial charge on any atom is -0.491 e. The fourth-order valence-corrected chi connectivity index (χ4v) is 18.7. The first-order valence-electron chi connectivity index (χ1n) is 33.9. The Hall–Kier alpha value is -6.72. The quantitative estimate of drug-likeness (QED) is 0.0996. The summed E-state index contributed by atoms with van der Waals surface area (Å²) >= 11 is 0. The van der Waals surface area contributed by atoms with E-state index in [1.165, 1.54) is 12.8 Å². The molecule has 4 aromatic carbocycles. The lowest BCUT2D eigenvalue weighted by Gasteiger charge is -2.37. The van der Waals surface area contributed by atoms with Gasteiger partial charge in [-0.25, -0.2) is 33.7 Å². The molecule has 7 fully saturated rings. The van der Waals surface area contributed by atoms with Gasteiger partial charge in [-0.3, -0.25) is 4.90 Å². The van der Waals surface area contributed by atoms with Crippen LogP contribution in [-0.2, 0) is 106 Å². The summed E-state index contributed by atoms with van der Waals surface area (Å²) in [5.41, 5.74) is 27.7. The van der Waals surface area contributed by atoms with Crippen LogP contribution in [0.15, 0.2) is 90.4 Å². The predicted octanol–water partition coefficient (Wildman–Crippen LogP) is 2.55. The largest absolute Gasteiger partial charge is 0.491 e. The summed E-state index contributed by atoms with van der Waals surface area (Å²) in [5, 5.41) is 19.9. The van der Waals surface area contributed by atoms with E-state index in [1.54, 1.807) is 66.7 Å². The maximum atomic E-state index is 11.9. The van der Waals surface area contributed by atoms with Gasteiger partial charge < -0.3 is 94.7 Å². The highest BCUT2D eigenvalue weighted by molar-refractivity contribution is 7.90. The predicted molar refractivity (Wildman–Crippen MR) is 373 cm³/mol. The van der Waals surface area contributed by atoms with Crippen LogP contribution in [0.25, 0.3) is 0 Å². The number of sulfonamides is 4. The normalized spacial score (nSPS) is 31.3. The van der Waals surface area contributed by atoms with Crippen molar-refractivity contribution in [3.05, 3.63) is 117 Å². The fourth-order valence-electron chi connectivity index (χ4n) is 14.3. The zero-order valence-corrected chi connectivity index (χ0v) is 61.5. The monoisotopic (exact) mass is 1520 g/mol. The number of hydrogen-bond donors (Lipinski definition) is 6. The molecule has 15 rings (SSSR count). The van der Waals surface area contributed by atoms with Gasteiger partial charge in [0.2, 0.25) is 0 Å². The van der Waals surface area contributed by atoms with E-state index in [-0.39, 0.29) is 96.7 Å². The number of nitrogens with zero attached hydrogens (tertiary/aromatic N) is 5. The Kier molecular flexibility index (Phi) is 21.8. The molecule has 4 aromatic rings.